The molecule has 0 saturated carbocycles. The van der Waals surface area contributed by atoms with E-state index in [1.807, 2.05) is 18.2 Å². The molecule has 0 unspecified atom stereocenters. The van der Waals surface area contributed by atoms with Crippen LogP contribution < -0.4 is 9.47 Å². The summed E-state index contributed by atoms with van der Waals surface area (Å²) in [6, 6.07) is 15.8. The maximum absolute atomic E-state index is 11.2. The number of halogens is 2. The summed E-state index contributed by atoms with van der Waals surface area (Å²) in [6.45, 7) is 0. The molecule has 0 aliphatic heterocycles. The Morgan fingerprint density at radius 1 is 0.794 bits per heavy atom. The highest BCUT2D eigenvalue weighted by Gasteiger charge is 2.18. The quantitative estimate of drug-likeness (QED) is 0.276. The van der Waals surface area contributed by atoms with Crippen LogP contribution in [-0.4, -0.2) is 36.8 Å². The van der Waals surface area contributed by atoms with Crippen LogP contribution in [0.1, 0.15) is 20.7 Å². The van der Waals surface area contributed by atoms with Crippen LogP contribution in [0, 0.1) is 0 Å². The number of aldehydes is 2. The number of rotatable bonds is 7. The molecule has 34 heavy (non-hydrogen) atoms. The number of nitrogens with zero attached hydrogens (tertiary/aromatic N) is 2. The fourth-order valence-electron chi connectivity index (χ4n) is 3.60. The number of hydrogen-bond acceptors (Lipinski definition) is 6. The molecule has 0 N–H and O–H groups in total. The van der Waals surface area contributed by atoms with Gasteiger partial charge < -0.3 is 9.47 Å². The van der Waals surface area contributed by atoms with E-state index in [1.165, 1.54) is 14.2 Å². The molecule has 8 heteroatoms. The molecule has 170 valence electrons. The van der Waals surface area contributed by atoms with E-state index in [0.717, 1.165) is 6.29 Å². The van der Waals surface area contributed by atoms with Crippen LogP contribution >= 0.6 is 23.2 Å². The van der Waals surface area contributed by atoms with Gasteiger partial charge in [-0.3, -0.25) is 14.6 Å². The molecule has 0 bridgehead atoms. The third kappa shape index (κ3) is 4.25. The van der Waals surface area contributed by atoms with Gasteiger partial charge in [0.2, 0.25) is 5.88 Å². The summed E-state index contributed by atoms with van der Waals surface area (Å²) < 4.78 is 10.5. The smallest absolute Gasteiger partial charge is 0.224 e. The lowest BCUT2D eigenvalue weighted by Gasteiger charge is -2.14. The van der Waals surface area contributed by atoms with Crippen molar-refractivity contribution in [2.75, 3.05) is 14.2 Å². The lowest BCUT2D eigenvalue weighted by atomic mass is 9.99. The Hall–Kier alpha value is -3.74. The highest BCUT2D eigenvalue weighted by Crippen LogP contribution is 2.42. The second kappa shape index (κ2) is 10.0. The molecule has 0 aliphatic carbocycles. The summed E-state index contributed by atoms with van der Waals surface area (Å²) in [7, 11) is 2.94. The molecule has 0 amide bonds. The molecular weight excluding hydrogens is 475 g/mol. The summed E-state index contributed by atoms with van der Waals surface area (Å²) in [5.74, 6) is 0.639. The summed E-state index contributed by atoms with van der Waals surface area (Å²) >= 11 is 13.6. The van der Waals surface area contributed by atoms with Gasteiger partial charge in [-0.15, -0.1) is 0 Å². The predicted molar refractivity (Wildman–Crippen MR) is 132 cm³/mol. The highest BCUT2D eigenvalue weighted by atomic mass is 35.5. The monoisotopic (exact) mass is 492 g/mol. The Kier molecular flexibility index (Phi) is 6.91. The summed E-state index contributed by atoms with van der Waals surface area (Å²) in [6.07, 6.45) is 3.05. The Morgan fingerprint density at radius 2 is 1.50 bits per heavy atom. The largest absolute Gasteiger partial charge is 0.496 e. The van der Waals surface area contributed by atoms with Crippen molar-refractivity contribution >= 4 is 35.8 Å². The first-order valence-corrected chi connectivity index (χ1v) is 10.9. The molecule has 0 radical (unpaired) electrons. The second-order valence-corrected chi connectivity index (χ2v) is 7.93. The number of hydrogen-bond donors (Lipinski definition) is 0. The number of methoxy groups -OCH3 is 2. The van der Waals surface area contributed by atoms with Crippen LogP contribution in [-0.2, 0) is 0 Å². The molecule has 4 aromatic rings. The molecule has 2 heterocycles. The normalized spacial score (nSPS) is 10.6. The number of aromatic nitrogens is 2. The molecule has 2 aromatic heterocycles. The van der Waals surface area contributed by atoms with Gasteiger partial charge in [0.25, 0.3) is 0 Å². The Morgan fingerprint density at radius 3 is 2.21 bits per heavy atom. The van der Waals surface area contributed by atoms with Gasteiger partial charge in [-0.05, 0) is 30.3 Å². The number of ether oxygens (including phenoxy) is 2. The van der Waals surface area contributed by atoms with Gasteiger partial charge in [0.15, 0.2) is 12.6 Å². The topological polar surface area (TPSA) is 78.4 Å². The van der Waals surface area contributed by atoms with Crippen molar-refractivity contribution in [3.8, 4) is 45.3 Å². The maximum Gasteiger partial charge on any atom is 0.224 e. The first kappa shape index (κ1) is 23.4. The summed E-state index contributed by atoms with van der Waals surface area (Å²) in [5.41, 5.74) is 4.55. The van der Waals surface area contributed by atoms with Gasteiger partial charge in [-0.1, -0.05) is 47.5 Å². The van der Waals surface area contributed by atoms with Crippen LogP contribution in [0.4, 0.5) is 0 Å². The number of benzene rings is 2. The lowest BCUT2D eigenvalue weighted by molar-refractivity contribution is 0.111. The second-order valence-electron chi connectivity index (χ2n) is 7.18. The van der Waals surface area contributed by atoms with E-state index in [1.54, 1.807) is 42.6 Å². The van der Waals surface area contributed by atoms with E-state index in [-0.39, 0.29) is 5.88 Å². The molecule has 0 aliphatic rings. The SMILES string of the molecule is COc1cc(-c2nccc(-c3cccc(-c4ccc(C=O)c(OC)n4)c3Cl)c2Cl)ccc1C=O. The molecular formula is C26H18Cl2N2O4. The van der Waals surface area contributed by atoms with Crippen LogP contribution in [0.5, 0.6) is 11.6 Å². The van der Waals surface area contributed by atoms with Crippen molar-refractivity contribution in [2.24, 2.45) is 0 Å². The average Bonchev–Trinajstić information content (AvgIpc) is 2.88. The third-order valence-corrected chi connectivity index (χ3v) is 6.09. The minimum Gasteiger partial charge on any atom is -0.496 e. The zero-order valence-electron chi connectivity index (χ0n) is 18.2. The van der Waals surface area contributed by atoms with Gasteiger partial charge in [0.05, 0.1) is 46.8 Å². The van der Waals surface area contributed by atoms with Crippen LogP contribution in [0.25, 0.3) is 33.6 Å². The molecule has 0 fully saturated rings. The van der Waals surface area contributed by atoms with Gasteiger partial charge >= 0.3 is 0 Å². The maximum atomic E-state index is 11.2. The Balaban J connectivity index is 1.83. The van der Waals surface area contributed by atoms with Crippen LogP contribution in [0.2, 0.25) is 10.0 Å². The number of pyridine rings is 2. The summed E-state index contributed by atoms with van der Waals surface area (Å²) in [4.78, 5) is 31.3. The standard InChI is InChI=1S/C26H18Cl2N2O4/c1-33-22-12-15(6-7-16(22)13-31)25-24(28)19(10-11-29-25)18-4-3-5-20(23(18)27)21-9-8-17(14-32)26(30-21)34-2/h3-14H,1-2H3. The first-order chi connectivity index (χ1) is 16.5. The van der Waals surface area contributed by atoms with Crippen molar-refractivity contribution in [2.45, 2.75) is 0 Å². The van der Waals surface area contributed by atoms with Crippen LogP contribution in [0.3, 0.4) is 0 Å². The van der Waals surface area contributed by atoms with E-state index in [9.17, 15) is 9.59 Å². The molecule has 4 rings (SSSR count). The molecule has 2 aromatic carbocycles. The van der Waals surface area contributed by atoms with Gasteiger partial charge in [0.1, 0.15) is 5.75 Å². The molecule has 0 atom stereocenters. The fourth-order valence-corrected chi connectivity index (χ4v) is 4.25. The fraction of sp³-hybridized carbons (Fsp3) is 0.0769. The zero-order valence-corrected chi connectivity index (χ0v) is 19.7. The van der Waals surface area contributed by atoms with Crippen LogP contribution in [0.15, 0.2) is 60.8 Å². The van der Waals surface area contributed by atoms with E-state index < -0.39 is 0 Å². The van der Waals surface area contributed by atoms with E-state index in [2.05, 4.69) is 9.97 Å². The van der Waals surface area contributed by atoms with Crippen molar-refractivity contribution in [1.29, 1.82) is 0 Å². The van der Waals surface area contributed by atoms with Crippen molar-refractivity contribution in [3.05, 3.63) is 82.0 Å². The number of carbonyl (C=O) groups excluding carboxylic acids is 2. The van der Waals surface area contributed by atoms with Crippen molar-refractivity contribution in [1.82, 2.24) is 9.97 Å². The minimum absolute atomic E-state index is 0.214. The van der Waals surface area contributed by atoms with Gasteiger partial charge in [-0.2, -0.15) is 0 Å². The minimum atomic E-state index is 0.214. The van der Waals surface area contributed by atoms with Gasteiger partial charge in [0, 0.05) is 28.5 Å². The lowest BCUT2D eigenvalue weighted by Crippen LogP contribution is -1.97. The van der Waals surface area contributed by atoms with Crippen molar-refractivity contribution < 1.29 is 19.1 Å². The molecule has 0 saturated heterocycles. The zero-order chi connectivity index (χ0) is 24.2. The average molecular weight is 493 g/mol. The predicted octanol–water partition coefficient (Wildman–Crippen LogP) is 6.43. The highest BCUT2D eigenvalue weighted by molar-refractivity contribution is 6.39. The van der Waals surface area contributed by atoms with E-state index in [0.29, 0.717) is 66.8 Å². The third-order valence-electron chi connectivity index (χ3n) is 5.30. The number of carbonyl (C=O) groups is 2. The summed E-state index contributed by atoms with van der Waals surface area (Å²) in [5, 5.41) is 0.827. The van der Waals surface area contributed by atoms with E-state index >= 15 is 0 Å². The Labute approximate surface area is 206 Å². The Bertz CT molecular complexity index is 1300. The van der Waals surface area contributed by atoms with E-state index in [4.69, 9.17) is 32.7 Å². The molecule has 0 spiro atoms. The molecule has 6 nitrogen and oxygen atoms in total. The van der Waals surface area contributed by atoms with Gasteiger partial charge in [-0.25, -0.2) is 4.98 Å². The van der Waals surface area contributed by atoms with Crippen molar-refractivity contribution in [3.63, 3.8) is 0 Å². The first-order valence-electron chi connectivity index (χ1n) is 10.1.